The van der Waals surface area contributed by atoms with Gasteiger partial charge in [0.15, 0.2) is 0 Å². The molecule has 0 atom stereocenters. The van der Waals surface area contributed by atoms with E-state index in [0.717, 1.165) is 16.4 Å². The summed E-state index contributed by atoms with van der Waals surface area (Å²) in [5, 5.41) is 5.62. The van der Waals surface area contributed by atoms with E-state index < -0.39 is 51.4 Å². The molecule has 2 saturated heterocycles. The Morgan fingerprint density at radius 2 is 1.78 bits per heavy atom. The number of rotatable bonds is 8. The molecule has 0 saturated carbocycles. The Bertz CT molecular complexity index is 1650. The molecule has 16 heteroatoms. The number of likely N-dealkylation sites (tertiary alicyclic amines) is 2. The second-order valence-corrected chi connectivity index (χ2v) is 14.5. The van der Waals surface area contributed by atoms with Crippen molar-refractivity contribution in [1.82, 2.24) is 20.0 Å². The van der Waals surface area contributed by atoms with Crippen molar-refractivity contribution in [3.05, 3.63) is 64.5 Å². The summed E-state index contributed by atoms with van der Waals surface area (Å²) >= 11 is 6.00. The average Bonchev–Trinajstić information content (AvgIpc) is 3.43. The van der Waals surface area contributed by atoms with E-state index >= 15 is 4.39 Å². The van der Waals surface area contributed by atoms with Gasteiger partial charge in [-0.05, 0) is 77.0 Å². The van der Waals surface area contributed by atoms with Crippen LogP contribution in [0.4, 0.5) is 28.0 Å². The molecule has 10 nitrogen and oxygen atoms in total. The second-order valence-electron chi connectivity index (χ2n) is 12.0. The molecular weight excluding hydrogens is 642 g/mol. The molecule has 0 N–H and O–H groups in total. The van der Waals surface area contributed by atoms with Crippen LogP contribution in [-0.2, 0) is 21.3 Å². The summed E-state index contributed by atoms with van der Waals surface area (Å²) in [5.74, 6) is -2.82. The van der Waals surface area contributed by atoms with Crippen LogP contribution in [0.5, 0.6) is 0 Å². The minimum Gasteiger partial charge on any atom is -0.444 e. The van der Waals surface area contributed by atoms with Crippen molar-refractivity contribution in [1.29, 1.82) is 0 Å². The summed E-state index contributed by atoms with van der Waals surface area (Å²) < 4.78 is 94.5. The fourth-order valence-corrected chi connectivity index (χ4v) is 7.32. The van der Waals surface area contributed by atoms with E-state index in [1.807, 2.05) is 0 Å². The number of benzene rings is 2. The molecule has 5 rings (SSSR count). The molecule has 0 aliphatic carbocycles. The van der Waals surface area contributed by atoms with E-state index in [1.165, 1.54) is 24.3 Å². The van der Waals surface area contributed by atoms with Crippen LogP contribution in [-0.4, -0.2) is 77.6 Å². The van der Waals surface area contributed by atoms with Crippen molar-refractivity contribution in [2.45, 2.75) is 63.5 Å². The topological polar surface area (TPSA) is 109 Å². The molecule has 45 heavy (non-hydrogen) atoms. The van der Waals surface area contributed by atoms with Gasteiger partial charge in [0.25, 0.3) is 5.89 Å². The van der Waals surface area contributed by atoms with Crippen LogP contribution in [0, 0.1) is 11.6 Å². The smallest absolute Gasteiger partial charge is 0.410 e. The third-order valence-corrected chi connectivity index (χ3v) is 10.2. The highest BCUT2D eigenvalue weighted by Gasteiger charge is 2.41. The van der Waals surface area contributed by atoms with Gasteiger partial charge in [-0.25, -0.2) is 22.0 Å². The Kier molecular flexibility index (Phi) is 9.34. The number of hydrogen-bond acceptors (Lipinski definition) is 8. The first kappa shape index (κ1) is 32.9. The van der Waals surface area contributed by atoms with Crippen molar-refractivity contribution >= 4 is 33.4 Å². The summed E-state index contributed by atoms with van der Waals surface area (Å²) in [6.45, 7) is 6.82. The maximum Gasteiger partial charge on any atom is 0.410 e. The molecule has 1 amide bonds. The number of sulfonamides is 1. The van der Waals surface area contributed by atoms with Crippen LogP contribution in [0.1, 0.15) is 51.5 Å². The van der Waals surface area contributed by atoms with Gasteiger partial charge >= 0.3 is 12.5 Å². The van der Waals surface area contributed by atoms with Crippen molar-refractivity contribution < 1.29 is 39.9 Å². The molecule has 244 valence electrons. The Labute approximate surface area is 262 Å². The van der Waals surface area contributed by atoms with Gasteiger partial charge in [-0.15, -0.1) is 10.2 Å². The van der Waals surface area contributed by atoms with Crippen LogP contribution < -0.4 is 4.31 Å². The molecule has 0 unspecified atom stereocenters. The van der Waals surface area contributed by atoms with Gasteiger partial charge in [0.05, 0.1) is 22.5 Å². The number of piperidine rings is 1. The lowest BCUT2D eigenvalue weighted by atomic mass is 10.0. The fraction of sp³-hybridized carbons (Fsp3) is 0.483. The molecule has 2 aliphatic heterocycles. The number of halogens is 5. The summed E-state index contributed by atoms with van der Waals surface area (Å²) in [4.78, 5) is 16.0. The van der Waals surface area contributed by atoms with E-state index in [1.54, 1.807) is 25.7 Å². The van der Waals surface area contributed by atoms with Gasteiger partial charge in [0, 0.05) is 30.3 Å². The van der Waals surface area contributed by atoms with Crippen molar-refractivity contribution in [3.63, 3.8) is 0 Å². The second kappa shape index (κ2) is 12.8. The number of carbonyl (C=O) groups is 1. The van der Waals surface area contributed by atoms with Crippen LogP contribution in [0.2, 0.25) is 5.02 Å². The number of aromatic nitrogens is 2. The minimum atomic E-state index is -4.12. The third-order valence-electron chi connectivity index (χ3n) is 7.67. The van der Waals surface area contributed by atoms with Gasteiger partial charge < -0.3 is 14.1 Å². The molecule has 1 aromatic heterocycles. The largest absolute Gasteiger partial charge is 0.444 e. The zero-order valence-electron chi connectivity index (χ0n) is 24.7. The average molecular weight is 674 g/mol. The third kappa shape index (κ3) is 7.36. The quantitative estimate of drug-likeness (QED) is 0.267. The van der Waals surface area contributed by atoms with Crippen molar-refractivity contribution in [3.8, 4) is 11.5 Å². The lowest BCUT2D eigenvalue weighted by Crippen LogP contribution is -2.63. The zero-order valence-corrected chi connectivity index (χ0v) is 26.3. The summed E-state index contributed by atoms with van der Waals surface area (Å²) in [5.41, 5.74) is -0.554. The number of anilines is 1. The van der Waals surface area contributed by atoms with Gasteiger partial charge in [-0.3, -0.25) is 9.21 Å². The molecule has 0 radical (unpaired) electrons. The molecule has 2 aromatic carbocycles. The number of alkyl halides is 2. The number of ether oxygens (including phenoxy) is 1. The first-order valence-electron chi connectivity index (χ1n) is 14.2. The number of nitrogens with zero attached hydrogens (tertiary/aromatic N) is 5. The summed E-state index contributed by atoms with van der Waals surface area (Å²) in [7, 11) is -4.12. The van der Waals surface area contributed by atoms with E-state index in [4.69, 9.17) is 20.8 Å². The highest BCUT2D eigenvalue weighted by Crippen LogP contribution is 2.33. The van der Waals surface area contributed by atoms with Crippen LogP contribution in [0.15, 0.2) is 40.8 Å². The number of carbonyl (C=O) groups excluding carboxylic acids is 1. The predicted molar refractivity (Wildman–Crippen MR) is 157 cm³/mol. The SMILES string of the molecule is CC(C)(C)OC(=O)N1CC(N2CCC(S(=O)(=O)N(Cc3ccc(-c4nnc(C(F)F)o4)cc3F)c3ccc(F)c(Cl)c3)CC2)C1. The Hall–Kier alpha value is -3.43. The minimum absolute atomic E-state index is 0.0310. The zero-order chi connectivity index (χ0) is 32.7. The molecule has 0 bridgehead atoms. The monoisotopic (exact) mass is 673 g/mol. The standard InChI is InChI=1S/C29H32ClF4N5O5S/c1-29(2,3)44-28(40)38-15-20(16-38)37-10-8-21(9-11-37)45(41,42)39(19-6-7-23(31)22(30)13-19)14-18-5-4-17(12-24(18)32)26-35-36-27(43-26)25(33)34/h4-7,12-13,20-21,25H,8-11,14-16H2,1-3H3. The van der Waals surface area contributed by atoms with Crippen LogP contribution in [0.3, 0.4) is 0 Å². The molecule has 0 spiro atoms. The first-order chi connectivity index (χ1) is 21.1. The Morgan fingerprint density at radius 1 is 1.09 bits per heavy atom. The van der Waals surface area contributed by atoms with Crippen LogP contribution in [0.25, 0.3) is 11.5 Å². The number of amides is 1. The molecular formula is C29H32ClF4N5O5S. The van der Waals surface area contributed by atoms with E-state index in [-0.39, 0.29) is 52.7 Å². The summed E-state index contributed by atoms with van der Waals surface area (Å²) in [6, 6.07) is 7.16. The van der Waals surface area contributed by atoms with Crippen LogP contribution >= 0.6 is 11.6 Å². The van der Waals surface area contributed by atoms with E-state index in [2.05, 4.69) is 15.1 Å². The van der Waals surface area contributed by atoms with Crippen molar-refractivity contribution in [2.75, 3.05) is 30.5 Å². The molecule has 3 aromatic rings. The normalized spacial score (nSPS) is 17.0. The Morgan fingerprint density at radius 3 is 2.36 bits per heavy atom. The summed E-state index contributed by atoms with van der Waals surface area (Å²) in [6.07, 6.45) is -2.83. The van der Waals surface area contributed by atoms with E-state index in [0.29, 0.717) is 26.2 Å². The molecule has 3 heterocycles. The van der Waals surface area contributed by atoms with Gasteiger partial charge in [-0.1, -0.05) is 17.7 Å². The Balaban J connectivity index is 1.31. The fourth-order valence-electron chi connectivity index (χ4n) is 5.25. The lowest BCUT2D eigenvalue weighted by molar-refractivity contribution is -0.0184. The predicted octanol–water partition coefficient (Wildman–Crippen LogP) is 6.03. The van der Waals surface area contributed by atoms with Gasteiger partial charge in [-0.2, -0.15) is 8.78 Å². The molecule has 2 fully saturated rings. The number of hydrogen-bond donors (Lipinski definition) is 0. The maximum atomic E-state index is 15.3. The van der Waals surface area contributed by atoms with Crippen molar-refractivity contribution in [2.24, 2.45) is 0 Å². The lowest BCUT2D eigenvalue weighted by Gasteiger charge is -2.47. The van der Waals surface area contributed by atoms with E-state index in [9.17, 15) is 26.4 Å². The maximum absolute atomic E-state index is 15.3. The highest BCUT2D eigenvalue weighted by atomic mass is 35.5. The molecule has 2 aliphatic rings. The first-order valence-corrected chi connectivity index (χ1v) is 16.1. The van der Waals surface area contributed by atoms with Gasteiger partial charge in [0.2, 0.25) is 15.9 Å². The van der Waals surface area contributed by atoms with Gasteiger partial charge in [0.1, 0.15) is 17.2 Å². The highest BCUT2D eigenvalue weighted by molar-refractivity contribution is 7.93.